The predicted octanol–water partition coefficient (Wildman–Crippen LogP) is 3.20. The highest BCUT2D eigenvalue weighted by molar-refractivity contribution is 8.15. The molecule has 1 atom stereocenters. The number of amidine groups is 1. The minimum Gasteiger partial charge on any atom is -0.465 e. The van der Waals surface area contributed by atoms with Crippen molar-refractivity contribution in [2.45, 2.75) is 23.0 Å². The van der Waals surface area contributed by atoms with E-state index >= 15 is 0 Å². The minimum atomic E-state index is -3.77. The number of hydrogen-bond donors (Lipinski definition) is 2. The third kappa shape index (κ3) is 7.11. The van der Waals surface area contributed by atoms with Crippen LogP contribution in [0.15, 0.2) is 88.8 Å². The van der Waals surface area contributed by atoms with E-state index in [0.717, 1.165) is 16.2 Å². The Morgan fingerprint density at radius 2 is 1.72 bits per heavy atom. The second-order valence-electron chi connectivity index (χ2n) is 8.53. The van der Waals surface area contributed by atoms with Gasteiger partial charge in [-0.15, -0.1) is 0 Å². The Balaban J connectivity index is 1.48. The second-order valence-corrected chi connectivity index (χ2v) is 11.3. The molecule has 0 aromatic heterocycles. The largest absolute Gasteiger partial charge is 0.465 e. The van der Waals surface area contributed by atoms with Crippen LogP contribution in [0.3, 0.4) is 0 Å². The number of imide groups is 1. The van der Waals surface area contributed by atoms with Crippen molar-refractivity contribution in [3.8, 4) is 0 Å². The summed E-state index contributed by atoms with van der Waals surface area (Å²) in [5.41, 5.74) is 2.32. The topological polar surface area (TPSA) is 148 Å². The molecule has 1 unspecified atom stereocenters. The van der Waals surface area contributed by atoms with E-state index in [2.05, 4.69) is 10.3 Å². The molecule has 1 heterocycles. The molecule has 1 aliphatic heterocycles. The molecule has 4 rings (SSSR count). The summed E-state index contributed by atoms with van der Waals surface area (Å²) in [4.78, 5) is 43.5. The van der Waals surface area contributed by atoms with Gasteiger partial charge < -0.3 is 10.1 Å². The fourth-order valence-corrected chi connectivity index (χ4v) is 5.41. The van der Waals surface area contributed by atoms with Crippen molar-refractivity contribution in [3.05, 3.63) is 90.0 Å². The first kappa shape index (κ1) is 28.0. The average Bonchev–Trinajstić information content (AvgIpc) is 3.20. The molecule has 10 nitrogen and oxygen atoms in total. The van der Waals surface area contributed by atoms with Gasteiger partial charge in [0.1, 0.15) is 5.25 Å². The van der Waals surface area contributed by atoms with Crippen molar-refractivity contribution >= 4 is 56.1 Å². The minimum absolute atomic E-state index is 0.00718. The highest BCUT2D eigenvalue weighted by Crippen LogP contribution is 2.31. The van der Waals surface area contributed by atoms with Crippen molar-refractivity contribution in [1.82, 2.24) is 0 Å². The van der Waals surface area contributed by atoms with Gasteiger partial charge in [-0.25, -0.2) is 23.3 Å². The van der Waals surface area contributed by atoms with Crippen LogP contribution >= 0.6 is 11.8 Å². The quantitative estimate of drug-likeness (QED) is 0.183. The zero-order valence-electron chi connectivity index (χ0n) is 20.9. The maximum Gasteiger partial charge on any atom is 0.337 e. The van der Waals surface area contributed by atoms with Gasteiger partial charge in [-0.2, -0.15) is 0 Å². The summed E-state index contributed by atoms with van der Waals surface area (Å²) < 4.78 is 27.6. The van der Waals surface area contributed by atoms with Gasteiger partial charge in [0.25, 0.3) is 0 Å². The first-order valence-corrected chi connectivity index (χ1v) is 14.3. The Kier molecular flexibility index (Phi) is 8.79. The SMILES string of the molecule is COC(=O)c1ccc(N2C(=O)CC(SC(=NCCc3ccc(S(N)(=O)=O)cc3)Nc3ccccc3)C2=O)cc1. The lowest BCUT2D eigenvalue weighted by Crippen LogP contribution is -2.31. The number of rotatable bonds is 8. The lowest BCUT2D eigenvalue weighted by atomic mass is 10.1. The second kappa shape index (κ2) is 12.2. The molecule has 39 heavy (non-hydrogen) atoms. The molecule has 0 spiro atoms. The van der Waals surface area contributed by atoms with Crippen LogP contribution in [-0.4, -0.2) is 50.3 Å². The molecule has 1 saturated heterocycles. The number of esters is 1. The number of nitrogens with one attached hydrogen (secondary N) is 1. The van der Waals surface area contributed by atoms with E-state index < -0.39 is 21.2 Å². The van der Waals surface area contributed by atoms with E-state index in [-0.39, 0.29) is 23.1 Å². The fourth-order valence-electron chi connectivity index (χ4n) is 3.85. The fraction of sp³-hybridized carbons (Fsp3) is 0.185. The van der Waals surface area contributed by atoms with Gasteiger partial charge in [-0.05, 0) is 60.5 Å². The average molecular weight is 567 g/mol. The van der Waals surface area contributed by atoms with E-state index in [1.807, 2.05) is 30.3 Å². The number of hydrogen-bond acceptors (Lipinski definition) is 8. The first-order chi connectivity index (χ1) is 18.7. The molecule has 0 saturated carbocycles. The summed E-state index contributed by atoms with van der Waals surface area (Å²) >= 11 is 1.17. The molecule has 3 aromatic rings. The molecule has 0 aliphatic carbocycles. The zero-order valence-corrected chi connectivity index (χ0v) is 22.6. The third-order valence-corrected chi connectivity index (χ3v) is 7.88. The van der Waals surface area contributed by atoms with Gasteiger partial charge in [0.15, 0.2) is 5.17 Å². The molecule has 1 aliphatic rings. The number of amides is 2. The highest BCUT2D eigenvalue weighted by Gasteiger charge is 2.40. The number of thioether (sulfide) groups is 1. The summed E-state index contributed by atoms with van der Waals surface area (Å²) in [6.45, 7) is 0.352. The Bertz CT molecular complexity index is 1490. The number of primary sulfonamides is 1. The summed E-state index contributed by atoms with van der Waals surface area (Å²) in [7, 11) is -2.49. The van der Waals surface area contributed by atoms with E-state index in [9.17, 15) is 22.8 Å². The van der Waals surface area contributed by atoms with Crippen molar-refractivity contribution in [2.75, 3.05) is 23.9 Å². The van der Waals surface area contributed by atoms with Crippen LogP contribution in [-0.2, 0) is 30.8 Å². The number of ether oxygens (including phenoxy) is 1. The number of carbonyl (C=O) groups excluding carboxylic acids is 3. The smallest absolute Gasteiger partial charge is 0.337 e. The van der Waals surface area contributed by atoms with Crippen molar-refractivity contribution in [1.29, 1.82) is 0 Å². The van der Waals surface area contributed by atoms with Crippen molar-refractivity contribution in [2.24, 2.45) is 10.1 Å². The Morgan fingerprint density at radius 1 is 1.05 bits per heavy atom. The first-order valence-electron chi connectivity index (χ1n) is 11.9. The van der Waals surface area contributed by atoms with Crippen LogP contribution in [0.2, 0.25) is 0 Å². The maximum atomic E-state index is 13.2. The number of nitrogens with zero attached hydrogens (tertiary/aromatic N) is 2. The lowest BCUT2D eigenvalue weighted by molar-refractivity contribution is -0.121. The molecule has 12 heteroatoms. The number of methoxy groups -OCH3 is 1. The molecule has 0 bridgehead atoms. The number of sulfonamides is 1. The third-order valence-electron chi connectivity index (χ3n) is 5.84. The van der Waals surface area contributed by atoms with Gasteiger partial charge in [-0.3, -0.25) is 14.6 Å². The molecule has 3 N–H and O–H groups in total. The molecule has 1 fully saturated rings. The van der Waals surface area contributed by atoms with Crippen molar-refractivity contribution in [3.63, 3.8) is 0 Å². The van der Waals surface area contributed by atoms with Crippen LogP contribution in [0, 0.1) is 0 Å². The Hall–Kier alpha value is -4.00. The van der Waals surface area contributed by atoms with Crippen molar-refractivity contribution < 1.29 is 27.5 Å². The normalized spacial score (nSPS) is 15.9. The Morgan fingerprint density at radius 3 is 2.33 bits per heavy atom. The standard InChI is InChI=1S/C27H26N4O6S2/c1-37-26(34)19-9-11-21(12-10-19)31-24(32)17-23(25(31)33)38-27(30-20-5-3-2-4-6-20)29-16-15-18-7-13-22(14-8-18)39(28,35)36/h2-14,23H,15-17H2,1H3,(H,29,30)(H2,28,35,36). The van der Waals surface area contributed by atoms with E-state index in [4.69, 9.17) is 9.88 Å². The highest BCUT2D eigenvalue weighted by atomic mass is 32.2. The molecule has 202 valence electrons. The van der Waals surface area contributed by atoms with Crippen LogP contribution in [0.1, 0.15) is 22.3 Å². The number of benzene rings is 3. The summed E-state index contributed by atoms with van der Waals surface area (Å²) in [5, 5.41) is 8.15. The predicted molar refractivity (Wildman–Crippen MR) is 150 cm³/mol. The van der Waals surface area contributed by atoms with Gasteiger partial charge in [0, 0.05) is 18.7 Å². The van der Waals surface area contributed by atoms with Crippen LogP contribution in [0.5, 0.6) is 0 Å². The zero-order chi connectivity index (χ0) is 28.0. The number of para-hydroxylation sites is 1. The molecular weight excluding hydrogens is 540 g/mol. The number of anilines is 2. The van der Waals surface area contributed by atoms with Crippen LogP contribution in [0.4, 0.5) is 11.4 Å². The number of nitrogens with two attached hydrogens (primary N) is 1. The van der Waals surface area contributed by atoms with Gasteiger partial charge in [-0.1, -0.05) is 42.1 Å². The van der Waals surface area contributed by atoms with Gasteiger partial charge in [0.05, 0.1) is 23.3 Å². The lowest BCUT2D eigenvalue weighted by Gasteiger charge is -2.16. The van der Waals surface area contributed by atoms with Crippen LogP contribution in [0.25, 0.3) is 0 Å². The monoisotopic (exact) mass is 566 g/mol. The van der Waals surface area contributed by atoms with Crippen LogP contribution < -0.4 is 15.4 Å². The summed E-state index contributed by atoms with van der Waals surface area (Å²) in [6, 6.07) is 21.6. The maximum absolute atomic E-state index is 13.2. The molecule has 0 radical (unpaired) electrons. The van der Waals surface area contributed by atoms with Gasteiger partial charge >= 0.3 is 5.97 Å². The van der Waals surface area contributed by atoms with E-state index in [1.165, 1.54) is 55.3 Å². The number of aliphatic imine (C=N–C) groups is 1. The van der Waals surface area contributed by atoms with E-state index in [1.54, 1.807) is 12.1 Å². The molecule has 3 aromatic carbocycles. The molecule has 2 amide bonds. The molecular formula is C27H26N4O6S2. The summed E-state index contributed by atoms with van der Waals surface area (Å²) in [6.07, 6.45) is 0.508. The Labute approximate surface area is 230 Å². The summed E-state index contributed by atoms with van der Waals surface area (Å²) in [5.74, 6) is -1.24. The van der Waals surface area contributed by atoms with Gasteiger partial charge in [0.2, 0.25) is 21.8 Å². The number of carbonyl (C=O) groups is 3. The van der Waals surface area contributed by atoms with E-state index in [0.29, 0.717) is 29.4 Å².